The van der Waals surface area contributed by atoms with Gasteiger partial charge < -0.3 is 10.2 Å². The average Bonchev–Trinajstić information content (AvgIpc) is 2.90. The molecule has 0 saturated heterocycles. The van der Waals surface area contributed by atoms with E-state index in [4.69, 9.17) is 0 Å². The topological polar surface area (TPSA) is 67.2 Å². The highest BCUT2D eigenvalue weighted by molar-refractivity contribution is 5.96. The molecular formula is C16H18N4O2. The summed E-state index contributed by atoms with van der Waals surface area (Å²) >= 11 is 0. The lowest BCUT2D eigenvalue weighted by Gasteiger charge is -2.35. The zero-order valence-electron chi connectivity index (χ0n) is 12.6. The van der Waals surface area contributed by atoms with E-state index in [-0.39, 0.29) is 11.8 Å². The van der Waals surface area contributed by atoms with Crippen LogP contribution in [0.1, 0.15) is 18.1 Å². The van der Waals surface area contributed by atoms with Crippen molar-refractivity contribution in [3.63, 3.8) is 0 Å². The minimum atomic E-state index is -0.505. The molecule has 2 heterocycles. The smallest absolute Gasteiger partial charge is 0.248 e. The number of anilines is 1. The zero-order chi connectivity index (χ0) is 15.7. The molecule has 1 aromatic carbocycles. The Morgan fingerprint density at radius 1 is 1.23 bits per heavy atom. The first kappa shape index (κ1) is 14.3. The van der Waals surface area contributed by atoms with E-state index in [0.29, 0.717) is 18.8 Å². The number of aromatic nitrogens is 2. The second-order valence-electron chi connectivity index (χ2n) is 5.50. The summed E-state index contributed by atoms with van der Waals surface area (Å²) in [5.74, 6) is 0.189. The molecule has 1 aliphatic heterocycles. The highest BCUT2D eigenvalue weighted by atomic mass is 16.2. The van der Waals surface area contributed by atoms with E-state index in [1.807, 2.05) is 24.3 Å². The summed E-state index contributed by atoms with van der Waals surface area (Å²) in [6.07, 6.45) is 2.28. The number of hydrogen-bond donors (Lipinski definition) is 1. The first-order valence-corrected chi connectivity index (χ1v) is 7.19. The first-order valence-electron chi connectivity index (χ1n) is 7.19. The standard InChI is InChI=1S/C16H18N4O2/c1-11(21)20-10-13-6-4-3-5-12(13)9-14(20)16(22)17-15-7-8-19(2)18-15/h3-8,14H,9-10H2,1-2H3,(H,17,18,22)/t14-/m0/s1. The third kappa shape index (κ3) is 2.72. The van der Waals surface area contributed by atoms with Crippen LogP contribution in [-0.4, -0.2) is 32.5 Å². The molecule has 6 nitrogen and oxygen atoms in total. The number of rotatable bonds is 2. The van der Waals surface area contributed by atoms with E-state index in [1.165, 1.54) is 6.92 Å². The summed E-state index contributed by atoms with van der Waals surface area (Å²) < 4.78 is 1.62. The third-order valence-electron chi connectivity index (χ3n) is 3.92. The van der Waals surface area contributed by atoms with Crippen molar-refractivity contribution in [3.8, 4) is 0 Å². The molecule has 3 rings (SSSR count). The van der Waals surface area contributed by atoms with Gasteiger partial charge in [0.25, 0.3) is 0 Å². The maximum Gasteiger partial charge on any atom is 0.248 e. The third-order valence-corrected chi connectivity index (χ3v) is 3.92. The highest BCUT2D eigenvalue weighted by Gasteiger charge is 2.33. The maximum absolute atomic E-state index is 12.5. The van der Waals surface area contributed by atoms with Gasteiger partial charge in [0, 0.05) is 39.2 Å². The zero-order valence-corrected chi connectivity index (χ0v) is 12.6. The summed E-state index contributed by atoms with van der Waals surface area (Å²) in [5.41, 5.74) is 2.21. The molecule has 0 fully saturated rings. The molecule has 6 heteroatoms. The van der Waals surface area contributed by atoms with Gasteiger partial charge in [0.1, 0.15) is 6.04 Å². The maximum atomic E-state index is 12.5. The molecule has 22 heavy (non-hydrogen) atoms. The van der Waals surface area contributed by atoms with Crippen molar-refractivity contribution in [2.45, 2.75) is 25.9 Å². The molecule has 0 saturated carbocycles. The molecule has 2 amide bonds. The fourth-order valence-electron chi connectivity index (χ4n) is 2.78. The van der Waals surface area contributed by atoms with Gasteiger partial charge in [0.05, 0.1) is 0 Å². The SMILES string of the molecule is CC(=O)N1Cc2ccccc2C[C@H]1C(=O)Nc1ccn(C)n1. The molecule has 2 aromatic rings. The number of nitrogens with one attached hydrogen (secondary N) is 1. The average molecular weight is 298 g/mol. The quantitative estimate of drug-likeness (QED) is 0.909. The summed E-state index contributed by atoms with van der Waals surface area (Å²) in [7, 11) is 1.79. The lowest BCUT2D eigenvalue weighted by molar-refractivity contribution is -0.138. The van der Waals surface area contributed by atoms with Crippen LogP contribution in [0.5, 0.6) is 0 Å². The van der Waals surface area contributed by atoms with Crippen LogP contribution in [0.25, 0.3) is 0 Å². The van der Waals surface area contributed by atoms with Crippen molar-refractivity contribution in [2.24, 2.45) is 7.05 Å². The summed E-state index contributed by atoms with van der Waals surface area (Å²) in [5, 5.41) is 6.92. The van der Waals surface area contributed by atoms with Crippen molar-refractivity contribution >= 4 is 17.6 Å². The van der Waals surface area contributed by atoms with Gasteiger partial charge in [-0.25, -0.2) is 0 Å². The van der Waals surface area contributed by atoms with Crippen LogP contribution in [-0.2, 0) is 29.6 Å². The van der Waals surface area contributed by atoms with Crippen molar-refractivity contribution in [1.29, 1.82) is 0 Å². The van der Waals surface area contributed by atoms with Gasteiger partial charge in [-0.1, -0.05) is 24.3 Å². The van der Waals surface area contributed by atoms with Gasteiger partial charge in [-0.3, -0.25) is 14.3 Å². The summed E-state index contributed by atoms with van der Waals surface area (Å²) in [6.45, 7) is 1.96. The van der Waals surface area contributed by atoms with E-state index in [1.54, 1.807) is 28.9 Å². The Bertz CT molecular complexity index is 722. The van der Waals surface area contributed by atoms with Crippen LogP contribution in [0.15, 0.2) is 36.5 Å². The van der Waals surface area contributed by atoms with Crippen LogP contribution < -0.4 is 5.32 Å². The van der Waals surface area contributed by atoms with Crippen molar-refractivity contribution in [3.05, 3.63) is 47.7 Å². The Morgan fingerprint density at radius 3 is 2.59 bits per heavy atom. The Morgan fingerprint density at radius 2 is 1.95 bits per heavy atom. The fourth-order valence-corrected chi connectivity index (χ4v) is 2.78. The largest absolute Gasteiger partial charge is 0.326 e. The second-order valence-corrected chi connectivity index (χ2v) is 5.50. The van der Waals surface area contributed by atoms with Gasteiger partial charge >= 0.3 is 0 Å². The van der Waals surface area contributed by atoms with Gasteiger partial charge in [0.2, 0.25) is 11.8 Å². The monoisotopic (exact) mass is 298 g/mol. The first-order chi connectivity index (χ1) is 10.5. The number of amides is 2. The molecule has 1 aromatic heterocycles. The van der Waals surface area contributed by atoms with Gasteiger partial charge in [-0.05, 0) is 11.1 Å². The Balaban J connectivity index is 1.84. The number of benzene rings is 1. The number of fused-ring (bicyclic) bond motifs is 1. The summed E-state index contributed by atoms with van der Waals surface area (Å²) in [6, 6.07) is 9.13. The number of hydrogen-bond acceptors (Lipinski definition) is 3. The lowest BCUT2D eigenvalue weighted by Crippen LogP contribution is -2.49. The Kier molecular flexibility index (Phi) is 3.66. The molecule has 1 aliphatic rings. The van der Waals surface area contributed by atoms with Crippen LogP contribution in [0, 0.1) is 0 Å². The normalized spacial score (nSPS) is 17.0. The number of carbonyl (C=O) groups is 2. The molecular weight excluding hydrogens is 280 g/mol. The van der Waals surface area contributed by atoms with Crippen molar-refractivity contribution in [2.75, 3.05) is 5.32 Å². The fraction of sp³-hybridized carbons (Fsp3) is 0.312. The van der Waals surface area contributed by atoms with E-state index in [9.17, 15) is 9.59 Å². The minimum Gasteiger partial charge on any atom is -0.326 e. The number of nitrogens with zero attached hydrogens (tertiary/aromatic N) is 3. The van der Waals surface area contributed by atoms with Gasteiger partial charge in [-0.15, -0.1) is 0 Å². The minimum absolute atomic E-state index is 0.101. The summed E-state index contributed by atoms with van der Waals surface area (Å²) in [4.78, 5) is 26.1. The molecule has 1 atom stereocenters. The molecule has 0 bridgehead atoms. The predicted octanol–water partition coefficient (Wildman–Crippen LogP) is 1.33. The van der Waals surface area contributed by atoms with Crippen molar-refractivity contribution in [1.82, 2.24) is 14.7 Å². The second kappa shape index (κ2) is 5.63. The van der Waals surface area contributed by atoms with Gasteiger partial charge in [0.15, 0.2) is 5.82 Å². The number of carbonyl (C=O) groups excluding carboxylic acids is 2. The molecule has 1 N–H and O–H groups in total. The number of aryl methyl sites for hydroxylation is 1. The molecule has 0 unspecified atom stereocenters. The Labute approximate surface area is 128 Å². The van der Waals surface area contributed by atoms with Gasteiger partial charge in [-0.2, -0.15) is 5.10 Å². The van der Waals surface area contributed by atoms with E-state index in [2.05, 4.69) is 10.4 Å². The van der Waals surface area contributed by atoms with Crippen LogP contribution in [0.4, 0.5) is 5.82 Å². The van der Waals surface area contributed by atoms with Crippen LogP contribution >= 0.6 is 0 Å². The molecule has 114 valence electrons. The van der Waals surface area contributed by atoms with Crippen LogP contribution in [0.3, 0.4) is 0 Å². The molecule has 0 spiro atoms. The van der Waals surface area contributed by atoms with Crippen LogP contribution in [0.2, 0.25) is 0 Å². The van der Waals surface area contributed by atoms with E-state index < -0.39 is 6.04 Å². The molecule has 0 aliphatic carbocycles. The van der Waals surface area contributed by atoms with E-state index >= 15 is 0 Å². The lowest BCUT2D eigenvalue weighted by atomic mass is 9.93. The molecule has 0 radical (unpaired) electrons. The van der Waals surface area contributed by atoms with Crippen molar-refractivity contribution < 1.29 is 9.59 Å². The predicted molar refractivity (Wildman–Crippen MR) is 82.0 cm³/mol. The van der Waals surface area contributed by atoms with E-state index in [0.717, 1.165) is 11.1 Å². The highest BCUT2D eigenvalue weighted by Crippen LogP contribution is 2.24. The Hall–Kier alpha value is -2.63.